The maximum Gasteiger partial charge on any atom is 0.0730 e. The molecular formula is C17H25N3. The molecule has 2 rings (SSSR count). The summed E-state index contributed by atoms with van der Waals surface area (Å²) < 4.78 is 2.16. The molecule has 108 valence electrons. The molecule has 0 aliphatic carbocycles. The molecule has 0 aliphatic rings. The summed E-state index contributed by atoms with van der Waals surface area (Å²) in [7, 11) is 0. The highest BCUT2D eigenvalue weighted by Gasteiger charge is 2.15. The number of benzene rings is 1. The zero-order valence-electron chi connectivity index (χ0n) is 12.8. The lowest BCUT2D eigenvalue weighted by Gasteiger charge is -2.15. The zero-order chi connectivity index (χ0) is 14.4. The maximum atomic E-state index is 4.62. The molecule has 0 radical (unpaired) electrons. The van der Waals surface area contributed by atoms with Crippen LogP contribution in [-0.4, -0.2) is 16.3 Å². The predicted octanol–water partition coefficient (Wildman–Crippen LogP) is 4.02. The van der Waals surface area contributed by atoms with Crippen LogP contribution >= 0.6 is 0 Å². The molecular weight excluding hydrogens is 246 g/mol. The Morgan fingerprint density at radius 3 is 2.60 bits per heavy atom. The average Bonchev–Trinajstić information content (AvgIpc) is 2.91. The van der Waals surface area contributed by atoms with Crippen LogP contribution in [0.5, 0.6) is 0 Å². The Morgan fingerprint density at radius 2 is 1.95 bits per heavy atom. The lowest BCUT2D eigenvalue weighted by atomic mass is 10.1. The standard InChI is InChI=1S/C17H25N3/c1-4-11-18-12-16-13-19-20(14(3)5-2)17(16)15-9-7-6-8-10-15/h6-10,13-14,18H,4-5,11-12H2,1-3H3. The second-order valence-electron chi connectivity index (χ2n) is 5.26. The minimum Gasteiger partial charge on any atom is -0.313 e. The van der Waals surface area contributed by atoms with Crippen LogP contribution in [0, 0.1) is 0 Å². The van der Waals surface area contributed by atoms with Gasteiger partial charge in [-0.3, -0.25) is 4.68 Å². The Bertz CT molecular complexity index is 516. The highest BCUT2D eigenvalue weighted by molar-refractivity contribution is 5.63. The van der Waals surface area contributed by atoms with Crippen molar-refractivity contribution >= 4 is 0 Å². The molecule has 2 aromatic rings. The summed E-state index contributed by atoms with van der Waals surface area (Å²) in [6, 6.07) is 11.0. The van der Waals surface area contributed by atoms with Gasteiger partial charge in [-0.2, -0.15) is 5.10 Å². The van der Waals surface area contributed by atoms with E-state index in [2.05, 4.69) is 66.2 Å². The highest BCUT2D eigenvalue weighted by Crippen LogP contribution is 2.27. The normalized spacial score (nSPS) is 12.6. The van der Waals surface area contributed by atoms with E-state index in [9.17, 15) is 0 Å². The molecule has 0 aliphatic heterocycles. The van der Waals surface area contributed by atoms with Gasteiger partial charge in [0.25, 0.3) is 0 Å². The quantitative estimate of drug-likeness (QED) is 0.771. The molecule has 1 atom stereocenters. The molecule has 0 saturated carbocycles. The summed E-state index contributed by atoms with van der Waals surface area (Å²) in [5, 5.41) is 8.10. The molecule has 1 aromatic carbocycles. The second kappa shape index (κ2) is 7.25. The van der Waals surface area contributed by atoms with Crippen molar-refractivity contribution in [3.63, 3.8) is 0 Å². The first-order chi connectivity index (χ1) is 9.77. The van der Waals surface area contributed by atoms with Crippen molar-refractivity contribution in [1.29, 1.82) is 0 Å². The van der Waals surface area contributed by atoms with Crippen LogP contribution in [0.1, 0.15) is 45.2 Å². The molecule has 0 fully saturated rings. The molecule has 20 heavy (non-hydrogen) atoms. The number of nitrogens with zero attached hydrogens (tertiary/aromatic N) is 2. The van der Waals surface area contributed by atoms with E-state index in [-0.39, 0.29) is 0 Å². The monoisotopic (exact) mass is 271 g/mol. The van der Waals surface area contributed by atoms with Gasteiger partial charge in [0.1, 0.15) is 0 Å². The van der Waals surface area contributed by atoms with E-state index in [1.165, 1.54) is 16.8 Å². The first-order valence-corrected chi connectivity index (χ1v) is 7.60. The lowest BCUT2D eigenvalue weighted by molar-refractivity contribution is 0.482. The van der Waals surface area contributed by atoms with Gasteiger partial charge < -0.3 is 5.32 Å². The highest BCUT2D eigenvalue weighted by atomic mass is 15.3. The Hall–Kier alpha value is -1.61. The predicted molar refractivity (Wildman–Crippen MR) is 84.7 cm³/mol. The topological polar surface area (TPSA) is 29.9 Å². The van der Waals surface area contributed by atoms with Gasteiger partial charge in [-0.1, -0.05) is 44.2 Å². The Morgan fingerprint density at radius 1 is 1.20 bits per heavy atom. The van der Waals surface area contributed by atoms with E-state index in [0.717, 1.165) is 25.9 Å². The van der Waals surface area contributed by atoms with Crippen molar-refractivity contribution in [3.8, 4) is 11.3 Å². The summed E-state index contributed by atoms with van der Waals surface area (Å²) in [6.45, 7) is 8.55. The molecule has 1 aromatic heterocycles. The fourth-order valence-electron chi connectivity index (χ4n) is 2.35. The Kier molecular flexibility index (Phi) is 5.36. The number of hydrogen-bond donors (Lipinski definition) is 1. The minimum atomic E-state index is 0.421. The van der Waals surface area contributed by atoms with E-state index in [1.807, 2.05) is 6.20 Å². The van der Waals surface area contributed by atoms with E-state index in [1.54, 1.807) is 0 Å². The van der Waals surface area contributed by atoms with Crippen LogP contribution in [0.2, 0.25) is 0 Å². The lowest BCUT2D eigenvalue weighted by Crippen LogP contribution is -2.15. The Labute approximate surface area is 122 Å². The number of hydrogen-bond acceptors (Lipinski definition) is 2. The molecule has 1 N–H and O–H groups in total. The molecule has 0 spiro atoms. The van der Waals surface area contributed by atoms with Crippen LogP contribution in [0.25, 0.3) is 11.3 Å². The van der Waals surface area contributed by atoms with Gasteiger partial charge in [-0.25, -0.2) is 0 Å². The summed E-state index contributed by atoms with van der Waals surface area (Å²) >= 11 is 0. The smallest absolute Gasteiger partial charge is 0.0730 e. The average molecular weight is 271 g/mol. The van der Waals surface area contributed by atoms with Crippen LogP contribution in [-0.2, 0) is 6.54 Å². The molecule has 1 heterocycles. The SMILES string of the molecule is CCCNCc1cnn(C(C)CC)c1-c1ccccc1. The minimum absolute atomic E-state index is 0.421. The van der Waals surface area contributed by atoms with Gasteiger partial charge in [-0.05, 0) is 26.3 Å². The van der Waals surface area contributed by atoms with E-state index < -0.39 is 0 Å². The fraction of sp³-hybridized carbons (Fsp3) is 0.471. The largest absolute Gasteiger partial charge is 0.313 e. The van der Waals surface area contributed by atoms with Crippen molar-refractivity contribution in [3.05, 3.63) is 42.1 Å². The number of aromatic nitrogens is 2. The van der Waals surface area contributed by atoms with Gasteiger partial charge in [0.2, 0.25) is 0 Å². The van der Waals surface area contributed by atoms with Crippen molar-refractivity contribution in [2.75, 3.05) is 6.54 Å². The van der Waals surface area contributed by atoms with Gasteiger partial charge in [0, 0.05) is 23.7 Å². The third-order valence-electron chi connectivity index (χ3n) is 3.67. The second-order valence-corrected chi connectivity index (χ2v) is 5.26. The molecule has 3 heteroatoms. The van der Waals surface area contributed by atoms with Crippen molar-refractivity contribution < 1.29 is 0 Å². The van der Waals surface area contributed by atoms with Gasteiger partial charge in [0.05, 0.1) is 11.9 Å². The first-order valence-electron chi connectivity index (χ1n) is 7.60. The van der Waals surface area contributed by atoms with E-state index in [4.69, 9.17) is 0 Å². The fourth-order valence-corrected chi connectivity index (χ4v) is 2.35. The van der Waals surface area contributed by atoms with Crippen molar-refractivity contribution in [1.82, 2.24) is 15.1 Å². The summed E-state index contributed by atoms with van der Waals surface area (Å²) in [6.07, 6.45) is 4.25. The maximum absolute atomic E-state index is 4.62. The van der Waals surface area contributed by atoms with E-state index in [0.29, 0.717) is 6.04 Å². The number of rotatable bonds is 7. The van der Waals surface area contributed by atoms with Gasteiger partial charge >= 0.3 is 0 Å². The molecule has 0 saturated heterocycles. The van der Waals surface area contributed by atoms with Crippen LogP contribution < -0.4 is 5.32 Å². The van der Waals surface area contributed by atoms with Crippen LogP contribution in [0.4, 0.5) is 0 Å². The van der Waals surface area contributed by atoms with Crippen LogP contribution in [0.3, 0.4) is 0 Å². The molecule has 3 nitrogen and oxygen atoms in total. The first kappa shape index (κ1) is 14.8. The third-order valence-corrected chi connectivity index (χ3v) is 3.67. The van der Waals surface area contributed by atoms with Crippen molar-refractivity contribution in [2.24, 2.45) is 0 Å². The molecule has 0 bridgehead atoms. The molecule has 1 unspecified atom stereocenters. The van der Waals surface area contributed by atoms with Crippen LogP contribution in [0.15, 0.2) is 36.5 Å². The van der Waals surface area contributed by atoms with Gasteiger partial charge in [0.15, 0.2) is 0 Å². The summed E-state index contributed by atoms with van der Waals surface area (Å²) in [5.74, 6) is 0. The number of nitrogens with one attached hydrogen (secondary N) is 1. The third kappa shape index (κ3) is 3.28. The summed E-state index contributed by atoms with van der Waals surface area (Å²) in [5.41, 5.74) is 3.78. The van der Waals surface area contributed by atoms with Gasteiger partial charge in [-0.15, -0.1) is 0 Å². The summed E-state index contributed by atoms with van der Waals surface area (Å²) in [4.78, 5) is 0. The molecule has 0 amide bonds. The van der Waals surface area contributed by atoms with E-state index >= 15 is 0 Å². The van der Waals surface area contributed by atoms with Crippen molar-refractivity contribution in [2.45, 2.75) is 46.2 Å². The Balaban J connectivity index is 2.35. The zero-order valence-corrected chi connectivity index (χ0v) is 12.8.